The van der Waals surface area contributed by atoms with E-state index in [9.17, 15) is 9.59 Å². The van der Waals surface area contributed by atoms with Crippen LogP contribution in [0.2, 0.25) is 0 Å². The van der Waals surface area contributed by atoms with Gasteiger partial charge < -0.3 is 15.3 Å². The Morgan fingerprint density at radius 2 is 2.10 bits per heavy atom. The molecule has 5 nitrogen and oxygen atoms in total. The van der Waals surface area contributed by atoms with Gasteiger partial charge in [-0.25, -0.2) is 4.79 Å². The molecular formula is C14H20N2O3S. The lowest BCUT2D eigenvalue weighted by Gasteiger charge is -2.43. The summed E-state index contributed by atoms with van der Waals surface area (Å²) < 4.78 is 0. The number of thiophene rings is 1. The fraction of sp³-hybridized carbons (Fsp3) is 0.571. The Bertz CT molecular complexity index is 467. The quantitative estimate of drug-likeness (QED) is 0.894. The minimum absolute atomic E-state index is 0.0144. The molecule has 0 bridgehead atoms. The van der Waals surface area contributed by atoms with Crippen LogP contribution in [0.15, 0.2) is 16.8 Å². The van der Waals surface area contributed by atoms with E-state index in [1.807, 2.05) is 16.8 Å². The highest BCUT2D eigenvalue weighted by Crippen LogP contribution is 2.36. The van der Waals surface area contributed by atoms with Crippen LogP contribution in [0, 0.1) is 0 Å². The number of hydrogen-bond acceptors (Lipinski definition) is 3. The number of anilines is 1. The molecule has 6 heteroatoms. The topological polar surface area (TPSA) is 69.6 Å². The molecule has 0 aliphatic heterocycles. The predicted octanol–water partition coefficient (Wildman–Crippen LogP) is 3.39. The van der Waals surface area contributed by atoms with E-state index in [-0.39, 0.29) is 12.5 Å². The predicted molar refractivity (Wildman–Crippen MR) is 79.2 cm³/mol. The zero-order chi connectivity index (χ0) is 14.6. The Hall–Kier alpha value is -1.56. The van der Waals surface area contributed by atoms with Gasteiger partial charge in [-0.15, -0.1) is 0 Å². The van der Waals surface area contributed by atoms with Crippen molar-refractivity contribution in [1.29, 1.82) is 0 Å². The lowest BCUT2D eigenvalue weighted by molar-refractivity contribution is -0.140. The van der Waals surface area contributed by atoms with E-state index in [4.69, 9.17) is 5.11 Å². The molecule has 2 N–H and O–H groups in total. The van der Waals surface area contributed by atoms with Gasteiger partial charge in [0.05, 0.1) is 17.6 Å². The van der Waals surface area contributed by atoms with Crippen LogP contribution in [-0.4, -0.2) is 34.6 Å². The van der Waals surface area contributed by atoms with Gasteiger partial charge in [-0.1, -0.05) is 19.3 Å². The SMILES string of the molecule is CN(C(=O)Nc1ccsc1)C1(CC(=O)O)CCCCC1. The molecule has 1 aliphatic rings. The number of nitrogens with zero attached hydrogens (tertiary/aromatic N) is 1. The number of carboxylic acid groups (broad SMARTS) is 1. The smallest absolute Gasteiger partial charge is 0.322 e. The number of carbonyl (C=O) groups excluding carboxylic acids is 1. The molecule has 0 aromatic carbocycles. The third-order valence-corrected chi connectivity index (χ3v) is 4.74. The third kappa shape index (κ3) is 3.30. The number of rotatable bonds is 4. The van der Waals surface area contributed by atoms with Crippen molar-refractivity contribution in [2.45, 2.75) is 44.1 Å². The zero-order valence-corrected chi connectivity index (χ0v) is 12.4. The first-order valence-corrected chi connectivity index (χ1v) is 7.77. The maximum absolute atomic E-state index is 12.3. The highest BCUT2D eigenvalue weighted by Gasteiger charge is 2.40. The molecule has 1 aromatic heterocycles. The third-order valence-electron chi connectivity index (χ3n) is 4.05. The number of hydrogen-bond donors (Lipinski definition) is 2. The first-order valence-electron chi connectivity index (χ1n) is 6.82. The lowest BCUT2D eigenvalue weighted by Crippen LogP contribution is -2.53. The number of aliphatic carboxylic acids is 1. The monoisotopic (exact) mass is 296 g/mol. The molecular weight excluding hydrogens is 276 g/mol. The van der Waals surface area contributed by atoms with Gasteiger partial charge in [-0.05, 0) is 24.3 Å². The van der Waals surface area contributed by atoms with Crippen molar-refractivity contribution in [3.05, 3.63) is 16.8 Å². The molecule has 1 aromatic rings. The van der Waals surface area contributed by atoms with Crippen LogP contribution in [0.5, 0.6) is 0 Å². The highest BCUT2D eigenvalue weighted by atomic mass is 32.1. The average molecular weight is 296 g/mol. The van der Waals surface area contributed by atoms with Gasteiger partial charge in [0.25, 0.3) is 0 Å². The first-order chi connectivity index (χ1) is 9.53. The fourth-order valence-corrected chi connectivity index (χ4v) is 3.47. The second-order valence-electron chi connectivity index (χ2n) is 5.36. The molecule has 110 valence electrons. The molecule has 1 heterocycles. The molecule has 0 atom stereocenters. The summed E-state index contributed by atoms with van der Waals surface area (Å²) in [5, 5.41) is 15.7. The molecule has 1 aliphatic carbocycles. The summed E-state index contributed by atoms with van der Waals surface area (Å²) in [6.07, 6.45) is 4.59. The maximum atomic E-state index is 12.3. The van der Waals surface area contributed by atoms with Crippen molar-refractivity contribution in [3.8, 4) is 0 Å². The van der Waals surface area contributed by atoms with E-state index in [1.54, 1.807) is 11.9 Å². The van der Waals surface area contributed by atoms with Crippen LogP contribution in [0.25, 0.3) is 0 Å². The number of urea groups is 1. The van der Waals surface area contributed by atoms with Gasteiger partial charge in [0, 0.05) is 12.4 Å². The molecule has 0 unspecified atom stereocenters. The largest absolute Gasteiger partial charge is 0.481 e. The molecule has 2 amide bonds. The standard InChI is InChI=1S/C14H20N2O3S/c1-16(13(19)15-11-5-8-20-10-11)14(9-12(17)18)6-3-2-4-7-14/h5,8,10H,2-4,6-7,9H2,1H3,(H,15,19)(H,17,18). The van der Waals surface area contributed by atoms with Crippen molar-refractivity contribution in [3.63, 3.8) is 0 Å². The molecule has 1 saturated carbocycles. The summed E-state index contributed by atoms with van der Waals surface area (Å²) in [6.45, 7) is 0. The molecule has 1 fully saturated rings. The molecule has 0 saturated heterocycles. The minimum atomic E-state index is -0.845. The summed E-state index contributed by atoms with van der Waals surface area (Å²) in [7, 11) is 1.70. The van der Waals surface area contributed by atoms with Crippen molar-refractivity contribution in [1.82, 2.24) is 4.90 Å². The number of nitrogens with one attached hydrogen (secondary N) is 1. The normalized spacial score (nSPS) is 17.4. The van der Waals surface area contributed by atoms with Crippen molar-refractivity contribution < 1.29 is 14.7 Å². The Labute approximate surface area is 122 Å². The summed E-state index contributed by atoms with van der Waals surface area (Å²) in [6, 6.07) is 1.60. The van der Waals surface area contributed by atoms with Crippen LogP contribution < -0.4 is 5.32 Å². The van der Waals surface area contributed by atoms with Crippen LogP contribution in [0.3, 0.4) is 0 Å². The van der Waals surface area contributed by atoms with Gasteiger partial charge in [-0.2, -0.15) is 11.3 Å². The maximum Gasteiger partial charge on any atom is 0.322 e. The van der Waals surface area contributed by atoms with E-state index in [0.717, 1.165) is 37.8 Å². The Morgan fingerprint density at radius 3 is 2.65 bits per heavy atom. The lowest BCUT2D eigenvalue weighted by atomic mass is 9.78. The van der Waals surface area contributed by atoms with E-state index in [1.165, 1.54) is 11.3 Å². The van der Waals surface area contributed by atoms with Crippen LogP contribution >= 0.6 is 11.3 Å². The number of carboxylic acids is 1. The van der Waals surface area contributed by atoms with Crippen LogP contribution in [-0.2, 0) is 4.79 Å². The van der Waals surface area contributed by atoms with Crippen LogP contribution in [0.1, 0.15) is 38.5 Å². The fourth-order valence-electron chi connectivity index (χ4n) is 2.88. The average Bonchev–Trinajstić information content (AvgIpc) is 2.91. The second kappa shape index (κ2) is 6.26. The number of carbonyl (C=O) groups is 2. The van der Waals surface area contributed by atoms with Gasteiger partial charge in [0.2, 0.25) is 0 Å². The summed E-state index contributed by atoms with van der Waals surface area (Å²) in [5.74, 6) is -0.845. The molecule has 2 rings (SSSR count). The Kier molecular flexibility index (Phi) is 4.65. The first kappa shape index (κ1) is 14.8. The highest BCUT2D eigenvalue weighted by molar-refractivity contribution is 7.08. The van der Waals surface area contributed by atoms with Gasteiger partial charge in [0.1, 0.15) is 0 Å². The Balaban J connectivity index is 2.10. The van der Waals surface area contributed by atoms with Crippen LogP contribution in [0.4, 0.5) is 10.5 Å². The molecule has 20 heavy (non-hydrogen) atoms. The van der Waals surface area contributed by atoms with E-state index < -0.39 is 11.5 Å². The minimum Gasteiger partial charge on any atom is -0.481 e. The summed E-state index contributed by atoms with van der Waals surface area (Å²) >= 11 is 1.51. The van der Waals surface area contributed by atoms with E-state index >= 15 is 0 Å². The summed E-state index contributed by atoms with van der Waals surface area (Å²) in [5.41, 5.74) is 0.206. The van der Waals surface area contributed by atoms with Gasteiger partial charge in [0.15, 0.2) is 0 Å². The zero-order valence-electron chi connectivity index (χ0n) is 11.6. The van der Waals surface area contributed by atoms with Gasteiger partial charge in [-0.3, -0.25) is 4.79 Å². The summed E-state index contributed by atoms with van der Waals surface area (Å²) in [4.78, 5) is 25.1. The van der Waals surface area contributed by atoms with Crippen molar-refractivity contribution in [2.75, 3.05) is 12.4 Å². The Morgan fingerprint density at radius 1 is 1.40 bits per heavy atom. The molecule has 0 spiro atoms. The van der Waals surface area contributed by atoms with E-state index in [0.29, 0.717) is 0 Å². The second-order valence-corrected chi connectivity index (χ2v) is 6.14. The van der Waals surface area contributed by atoms with E-state index in [2.05, 4.69) is 5.32 Å². The van der Waals surface area contributed by atoms with Gasteiger partial charge >= 0.3 is 12.0 Å². The number of amides is 2. The van der Waals surface area contributed by atoms with Crippen molar-refractivity contribution >= 4 is 29.0 Å². The van der Waals surface area contributed by atoms with Crippen molar-refractivity contribution in [2.24, 2.45) is 0 Å². The molecule has 0 radical (unpaired) electrons.